The summed E-state index contributed by atoms with van der Waals surface area (Å²) in [6.07, 6.45) is 0.102. The van der Waals surface area contributed by atoms with Gasteiger partial charge in [0.05, 0.1) is 33.0 Å². The molecule has 24 heavy (non-hydrogen) atoms. The highest BCUT2D eigenvalue weighted by molar-refractivity contribution is 6.01. The Bertz CT molecular complexity index is 423. The first-order valence-corrected chi connectivity index (χ1v) is 8.28. The number of nitrogens with one attached hydrogen (secondary N) is 1. The minimum atomic E-state index is -0.475. The van der Waals surface area contributed by atoms with Crippen molar-refractivity contribution >= 4 is 17.9 Å². The van der Waals surface area contributed by atoms with Crippen LogP contribution in [-0.4, -0.2) is 93.5 Å². The Labute approximate surface area is 141 Å². The normalized spacial score (nSPS) is 18.9. The minimum Gasteiger partial charge on any atom is -0.448 e. The number of amides is 3. The van der Waals surface area contributed by atoms with Crippen LogP contribution in [0.15, 0.2) is 0 Å². The van der Waals surface area contributed by atoms with Crippen molar-refractivity contribution in [1.82, 2.24) is 15.1 Å². The number of imide groups is 1. The van der Waals surface area contributed by atoms with E-state index in [0.29, 0.717) is 26.3 Å². The summed E-state index contributed by atoms with van der Waals surface area (Å²) in [5.74, 6) is -0.295. The highest BCUT2D eigenvalue weighted by Crippen LogP contribution is 2.10. The number of alkyl carbamates (subject to hydrolysis) is 1. The number of rotatable bonds is 9. The minimum absolute atomic E-state index is 0.148. The van der Waals surface area contributed by atoms with Crippen molar-refractivity contribution in [2.75, 3.05) is 65.8 Å². The molecule has 0 aromatic heterocycles. The molecule has 2 rings (SSSR count). The molecule has 1 N–H and O–H groups in total. The van der Waals surface area contributed by atoms with Crippen LogP contribution < -0.4 is 5.32 Å². The van der Waals surface area contributed by atoms with E-state index in [2.05, 4.69) is 10.2 Å². The van der Waals surface area contributed by atoms with Crippen molar-refractivity contribution in [2.24, 2.45) is 0 Å². The maximum Gasteiger partial charge on any atom is 0.407 e. The molecule has 9 heteroatoms. The lowest BCUT2D eigenvalue weighted by atomic mass is 10.4. The largest absolute Gasteiger partial charge is 0.448 e. The monoisotopic (exact) mass is 343 g/mol. The van der Waals surface area contributed by atoms with E-state index < -0.39 is 6.09 Å². The smallest absolute Gasteiger partial charge is 0.407 e. The number of hydrogen-bond donors (Lipinski definition) is 1. The first-order valence-electron chi connectivity index (χ1n) is 8.28. The van der Waals surface area contributed by atoms with Gasteiger partial charge in [0.1, 0.15) is 6.61 Å². The lowest BCUT2D eigenvalue weighted by Crippen LogP contribution is -2.39. The molecule has 2 saturated heterocycles. The molecule has 0 saturated carbocycles. The number of carbonyl (C=O) groups is 3. The van der Waals surface area contributed by atoms with Gasteiger partial charge < -0.3 is 19.5 Å². The lowest BCUT2D eigenvalue weighted by molar-refractivity contribution is -0.139. The summed E-state index contributed by atoms with van der Waals surface area (Å²) in [5.41, 5.74) is 0. The van der Waals surface area contributed by atoms with E-state index in [-0.39, 0.29) is 37.8 Å². The van der Waals surface area contributed by atoms with Crippen molar-refractivity contribution in [3.63, 3.8) is 0 Å². The van der Waals surface area contributed by atoms with Gasteiger partial charge in [0.15, 0.2) is 0 Å². The van der Waals surface area contributed by atoms with Crippen molar-refractivity contribution in [3.05, 3.63) is 0 Å². The molecule has 0 aromatic carbocycles. The fourth-order valence-electron chi connectivity index (χ4n) is 2.50. The predicted octanol–water partition coefficient (Wildman–Crippen LogP) is -0.790. The molecule has 2 fully saturated rings. The second-order valence-corrected chi connectivity index (χ2v) is 5.57. The van der Waals surface area contributed by atoms with E-state index >= 15 is 0 Å². The standard InChI is InChI=1S/C15H25N3O6/c19-13-1-2-14(20)18(13)7-11-22-8-3-16-15(21)24-12-6-17-4-9-23-10-5-17/h1-12H2,(H,16,21). The maximum atomic E-state index is 11.5. The van der Waals surface area contributed by atoms with Gasteiger partial charge in [-0.1, -0.05) is 0 Å². The van der Waals surface area contributed by atoms with Crippen molar-refractivity contribution in [1.29, 1.82) is 0 Å². The van der Waals surface area contributed by atoms with Gasteiger partial charge in [-0.05, 0) is 0 Å². The summed E-state index contributed by atoms with van der Waals surface area (Å²) in [4.78, 5) is 37.6. The fourth-order valence-corrected chi connectivity index (χ4v) is 2.50. The third-order valence-corrected chi connectivity index (χ3v) is 3.87. The third kappa shape index (κ3) is 6.42. The Morgan fingerprint density at radius 3 is 2.46 bits per heavy atom. The molecule has 2 aliphatic heterocycles. The molecule has 0 bridgehead atoms. The zero-order valence-corrected chi connectivity index (χ0v) is 13.8. The molecule has 3 amide bonds. The highest BCUT2D eigenvalue weighted by atomic mass is 16.5. The molecule has 0 atom stereocenters. The number of morpholine rings is 1. The molecule has 0 aromatic rings. The summed E-state index contributed by atoms with van der Waals surface area (Å²) in [6.45, 7) is 5.36. The molecule has 9 nitrogen and oxygen atoms in total. The van der Waals surface area contributed by atoms with E-state index in [1.54, 1.807) is 0 Å². The summed E-state index contributed by atoms with van der Waals surface area (Å²) < 4.78 is 15.6. The first-order chi connectivity index (χ1) is 11.7. The molecule has 2 aliphatic rings. The molecular formula is C15H25N3O6. The molecule has 136 valence electrons. The maximum absolute atomic E-state index is 11.5. The molecular weight excluding hydrogens is 318 g/mol. The molecule has 0 spiro atoms. The fraction of sp³-hybridized carbons (Fsp3) is 0.800. The Morgan fingerprint density at radius 1 is 1.04 bits per heavy atom. The number of nitrogens with zero attached hydrogens (tertiary/aromatic N) is 2. The average Bonchev–Trinajstić information content (AvgIpc) is 2.90. The van der Waals surface area contributed by atoms with E-state index in [1.807, 2.05) is 0 Å². The van der Waals surface area contributed by atoms with Crippen molar-refractivity contribution in [2.45, 2.75) is 12.8 Å². The zero-order chi connectivity index (χ0) is 17.2. The first kappa shape index (κ1) is 18.6. The van der Waals surface area contributed by atoms with Crippen molar-refractivity contribution in [3.8, 4) is 0 Å². The number of ether oxygens (including phenoxy) is 3. The van der Waals surface area contributed by atoms with Gasteiger partial charge in [-0.25, -0.2) is 4.79 Å². The van der Waals surface area contributed by atoms with Gasteiger partial charge in [0.25, 0.3) is 0 Å². The Kier molecular flexibility index (Phi) is 7.93. The van der Waals surface area contributed by atoms with Gasteiger partial charge in [-0.15, -0.1) is 0 Å². The third-order valence-electron chi connectivity index (χ3n) is 3.87. The van der Waals surface area contributed by atoms with E-state index in [9.17, 15) is 14.4 Å². The summed E-state index contributed by atoms with van der Waals surface area (Å²) in [5, 5.41) is 2.59. The van der Waals surface area contributed by atoms with E-state index in [4.69, 9.17) is 14.2 Å². The molecule has 0 unspecified atom stereocenters. The topological polar surface area (TPSA) is 97.4 Å². The van der Waals surface area contributed by atoms with Crippen LogP contribution in [-0.2, 0) is 23.8 Å². The number of likely N-dealkylation sites (tertiary alicyclic amines) is 1. The summed E-state index contributed by atoms with van der Waals surface area (Å²) in [6, 6.07) is 0. The Hall–Kier alpha value is -1.71. The second-order valence-electron chi connectivity index (χ2n) is 5.57. The average molecular weight is 343 g/mol. The molecule has 0 radical (unpaired) electrons. The number of carbonyl (C=O) groups excluding carboxylic acids is 3. The summed E-state index contributed by atoms with van der Waals surface area (Å²) >= 11 is 0. The Morgan fingerprint density at radius 2 is 1.75 bits per heavy atom. The van der Waals surface area contributed by atoms with E-state index in [0.717, 1.165) is 26.3 Å². The predicted molar refractivity (Wildman–Crippen MR) is 83.4 cm³/mol. The van der Waals surface area contributed by atoms with Gasteiger partial charge in [0, 0.05) is 39.0 Å². The van der Waals surface area contributed by atoms with E-state index in [1.165, 1.54) is 4.90 Å². The quantitative estimate of drug-likeness (QED) is 0.433. The lowest BCUT2D eigenvalue weighted by Gasteiger charge is -2.26. The molecule has 2 heterocycles. The summed E-state index contributed by atoms with van der Waals surface area (Å²) in [7, 11) is 0. The number of hydrogen-bond acceptors (Lipinski definition) is 7. The zero-order valence-electron chi connectivity index (χ0n) is 13.8. The van der Waals surface area contributed by atoms with Crippen LogP contribution >= 0.6 is 0 Å². The molecule has 0 aliphatic carbocycles. The van der Waals surface area contributed by atoms with Gasteiger partial charge in [-0.3, -0.25) is 19.4 Å². The van der Waals surface area contributed by atoms with Crippen LogP contribution in [0.4, 0.5) is 4.79 Å². The Balaban J connectivity index is 1.42. The van der Waals surface area contributed by atoms with Crippen LogP contribution in [0.1, 0.15) is 12.8 Å². The van der Waals surface area contributed by atoms with Crippen molar-refractivity contribution < 1.29 is 28.6 Å². The second kappa shape index (κ2) is 10.2. The van der Waals surface area contributed by atoms with Crippen LogP contribution in [0.2, 0.25) is 0 Å². The van der Waals surface area contributed by atoms with Crippen LogP contribution in [0.5, 0.6) is 0 Å². The highest BCUT2D eigenvalue weighted by Gasteiger charge is 2.28. The SMILES string of the molecule is O=C(NCCOCCN1C(=O)CCC1=O)OCCN1CCOCC1. The van der Waals surface area contributed by atoms with Gasteiger partial charge in [0.2, 0.25) is 11.8 Å². The van der Waals surface area contributed by atoms with Crippen LogP contribution in [0.25, 0.3) is 0 Å². The van der Waals surface area contributed by atoms with Gasteiger partial charge in [-0.2, -0.15) is 0 Å². The van der Waals surface area contributed by atoms with Crippen LogP contribution in [0, 0.1) is 0 Å². The van der Waals surface area contributed by atoms with Crippen LogP contribution in [0.3, 0.4) is 0 Å². The van der Waals surface area contributed by atoms with Gasteiger partial charge >= 0.3 is 6.09 Å².